The van der Waals surface area contributed by atoms with Crippen molar-refractivity contribution in [3.05, 3.63) is 78.4 Å². The highest BCUT2D eigenvalue weighted by atomic mass is 16.6. The minimum atomic E-state index is -1.34. The molecular weight excluding hydrogens is 302 g/mol. The molecule has 1 amide bonds. The molecule has 0 radical (unpaired) electrons. The first-order valence-electron chi connectivity index (χ1n) is 7.98. The zero-order valence-electron chi connectivity index (χ0n) is 13.1. The van der Waals surface area contributed by atoms with E-state index in [-0.39, 0.29) is 18.3 Å². The van der Waals surface area contributed by atoms with Gasteiger partial charge in [0.25, 0.3) is 5.91 Å². The first-order chi connectivity index (χ1) is 11.7. The van der Waals surface area contributed by atoms with E-state index < -0.39 is 11.6 Å². The van der Waals surface area contributed by atoms with Crippen molar-refractivity contribution in [1.29, 1.82) is 0 Å². The highest BCUT2D eigenvalue weighted by Gasteiger charge is 2.56. The summed E-state index contributed by atoms with van der Waals surface area (Å²) in [5.74, 6) is -0.570. The summed E-state index contributed by atoms with van der Waals surface area (Å²) >= 11 is 0. The van der Waals surface area contributed by atoms with E-state index in [0.29, 0.717) is 12.0 Å². The van der Waals surface area contributed by atoms with E-state index in [2.05, 4.69) is 6.58 Å². The summed E-state index contributed by atoms with van der Waals surface area (Å²) in [6.45, 7) is 3.75. The highest BCUT2D eigenvalue weighted by Crippen LogP contribution is 2.43. The molecule has 120 valence electrons. The second-order valence-electron chi connectivity index (χ2n) is 6.13. The van der Waals surface area contributed by atoms with Crippen LogP contribution in [0, 0.1) is 0 Å². The Labute approximate surface area is 140 Å². The number of carbonyl (C=O) groups excluding carboxylic acids is 2. The molecular formula is C20H17NO3. The smallest absolute Gasteiger partial charge is 0.331 e. The third-order valence-electron chi connectivity index (χ3n) is 4.76. The third kappa shape index (κ3) is 1.92. The van der Waals surface area contributed by atoms with E-state index in [1.807, 2.05) is 54.6 Å². The van der Waals surface area contributed by atoms with E-state index in [1.54, 1.807) is 11.0 Å². The fourth-order valence-corrected chi connectivity index (χ4v) is 3.64. The number of rotatable bonds is 3. The van der Waals surface area contributed by atoms with Gasteiger partial charge in [0, 0.05) is 24.1 Å². The second kappa shape index (κ2) is 5.34. The summed E-state index contributed by atoms with van der Waals surface area (Å²) in [4.78, 5) is 27.7. The molecule has 0 bridgehead atoms. The average Bonchev–Trinajstić information content (AvgIpc) is 3.00. The Hall–Kier alpha value is -2.88. The molecule has 1 saturated heterocycles. The maximum Gasteiger partial charge on any atom is 0.331 e. The quantitative estimate of drug-likeness (QED) is 0.645. The lowest BCUT2D eigenvalue weighted by Gasteiger charge is -2.42. The van der Waals surface area contributed by atoms with Crippen molar-refractivity contribution < 1.29 is 14.3 Å². The fraction of sp³-hybridized carbons (Fsp3) is 0.200. The minimum Gasteiger partial charge on any atom is -0.442 e. The predicted octanol–water partition coefficient (Wildman–Crippen LogP) is 2.97. The first kappa shape index (κ1) is 14.7. The molecule has 2 aliphatic heterocycles. The van der Waals surface area contributed by atoms with Gasteiger partial charge >= 0.3 is 5.97 Å². The highest BCUT2D eigenvalue weighted by molar-refractivity contribution is 6.10. The number of fused-ring (bicyclic) bond motifs is 3. The van der Waals surface area contributed by atoms with E-state index in [0.717, 1.165) is 11.3 Å². The molecule has 0 spiro atoms. The lowest BCUT2D eigenvalue weighted by atomic mass is 9.86. The van der Waals surface area contributed by atoms with Crippen LogP contribution in [-0.4, -0.2) is 17.9 Å². The molecule has 0 aliphatic carbocycles. The van der Waals surface area contributed by atoms with Crippen molar-refractivity contribution in [3.63, 3.8) is 0 Å². The molecule has 0 saturated carbocycles. The minimum absolute atomic E-state index is 0.205. The molecule has 4 rings (SSSR count). The van der Waals surface area contributed by atoms with Gasteiger partial charge in [0.05, 0.1) is 0 Å². The molecule has 1 fully saturated rings. The Kier molecular flexibility index (Phi) is 3.27. The lowest BCUT2D eigenvalue weighted by molar-refractivity contribution is -0.177. The molecule has 4 heteroatoms. The molecule has 2 aromatic rings. The van der Waals surface area contributed by atoms with Gasteiger partial charge in [0.2, 0.25) is 5.60 Å². The monoisotopic (exact) mass is 319 g/mol. The topological polar surface area (TPSA) is 46.6 Å². The van der Waals surface area contributed by atoms with Crippen molar-refractivity contribution in [2.24, 2.45) is 0 Å². The van der Waals surface area contributed by atoms with Gasteiger partial charge in [-0.25, -0.2) is 4.79 Å². The van der Waals surface area contributed by atoms with Crippen molar-refractivity contribution in [3.8, 4) is 0 Å². The molecule has 4 nitrogen and oxygen atoms in total. The van der Waals surface area contributed by atoms with Gasteiger partial charge in [-0.15, -0.1) is 6.58 Å². The third-order valence-corrected chi connectivity index (χ3v) is 4.76. The second-order valence-corrected chi connectivity index (χ2v) is 6.13. The number of hydrogen-bond donors (Lipinski definition) is 0. The van der Waals surface area contributed by atoms with Crippen LogP contribution in [-0.2, 0) is 26.3 Å². The van der Waals surface area contributed by atoms with Gasteiger partial charge in [-0.2, -0.15) is 0 Å². The molecule has 2 heterocycles. The molecule has 2 aromatic carbocycles. The Balaban J connectivity index is 1.87. The predicted molar refractivity (Wildman–Crippen MR) is 90.4 cm³/mol. The van der Waals surface area contributed by atoms with Crippen molar-refractivity contribution in [2.75, 3.05) is 4.90 Å². The number of morpholine rings is 1. The van der Waals surface area contributed by atoms with Crippen LogP contribution in [0.2, 0.25) is 0 Å². The van der Waals surface area contributed by atoms with Crippen LogP contribution in [0.25, 0.3) is 0 Å². The van der Waals surface area contributed by atoms with Crippen molar-refractivity contribution in [2.45, 2.75) is 24.5 Å². The Bertz CT molecular complexity index is 830. The maximum atomic E-state index is 13.4. The SMILES string of the molecule is C=CC[C@]1(c2ccccc2)OC(=O)[C@@H]2Cc3ccccc3N2C1=O. The van der Waals surface area contributed by atoms with E-state index in [4.69, 9.17) is 4.74 Å². The maximum absolute atomic E-state index is 13.4. The van der Waals surface area contributed by atoms with Crippen LogP contribution in [0.1, 0.15) is 17.5 Å². The zero-order chi connectivity index (χ0) is 16.7. The molecule has 24 heavy (non-hydrogen) atoms. The number of para-hydroxylation sites is 1. The number of ether oxygens (including phenoxy) is 1. The molecule has 0 aromatic heterocycles. The summed E-state index contributed by atoms with van der Waals surface area (Å²) < 4.78 is 5.76. The van der Waals surface area contributed by atoms with Gasteiger partial charge in [0.15, 0.2) is 0 Å². The van der Waals surface area contributed by atoms with Crippen LogP contribution in [0.4, 0.5) is 5.69 Å². The van der Waals surface area contributed by atoms with Gasteiger partial charge in [-0.3, -0.25) is 9.69 Å². The van der Waals surface area contributed by atoms with Gasteiger partial charge in [-0.1, -0.05) is 54.6 Å². The summed E-state index contributed by atoms with van der Waals surface area (Å²) in [5.41, 5.74) is 1.13. The number of benzene rings is 2. The standard InChI is InChI=1S/C20H17NO3/c1-2-12-20(15-9-4-3-5-10-15)19(23)21-16-11-7-6-8-14(16)13-17(21)18(22)24-20/h2-11,17H,1,12-13H2/t17-,20+/m0/s1. The number of carbonyl (C=O) groups is 2. The number of hydrogen-bond acceptors (Lipinski definition) is 3. The van der Waals surface area contributed by atoms with Gasteiger partial charge < -0.3 is 4.74 Å². The number of nitrogens with zero attached hydrogens (tertiary/aromatic N) is 1. The molecule has 0 N–H and O–H groups in total. The number of cyclic esters (lactones) is 1. The van der Waals surface area contributed by atoms with Crippen LogP contribution >= 0.6 is 0 Å². The fourth-order valence-electron chi connectivity index (χ4n) is 3.64. The average molecular weight is 319 g/mol. The summed E-state index contributed by atoms with van der Waals surface area (Å²) in [5, 5.41) is 0. The lowest BCUT2D eigenvalue weighted by Crippen LogP contribution is -2.60. The Morgan fingerprint density at radius 3 is 2.58 bits per heavy atom. The summed E-state index contributed by atoms with van der Waals surface area (Å²) in [6.07, 6.45) is 2.37. The van der Waals surface area contributed by atoms with Crippen LogP contribution in [0.5, 0.6) is 0 Å². The van der Waals surface area contributed by atoms with Gasteiger partial charge in [-0.05, 0) is 11.6 Å². The molecule has 2 atom stereocenters. The molecule has 0 unspecified atom stereocenters. The summed E-state index contributed by atoms with van der Waals surface area (Å²) in [6, 6.07) is 16.2. The Morgan fingerprint density at radius 1 is 1.12 bits per heavy atom. The number of esters is 1. The van der Waals surface area contributed by atoms with Crippen molar-refractivity contribution in [1.82, 2.24) is 0 Å². The summed E-state index contributed by atoms with van der Waals surface area (Å²) in [7, 11) is 0. The van der Waals surface area contributed by atoms with Gasteiger partial charge in [0.1, 0.15) is 6.04 Å². The van der Waals surface area contributed by atoms with Crippen LogP contribution in [0.15, 0.2) is 67.3 Å². The number of amides is 1. The first-order valence-corrected chi connectivity index (χ1v) is 7.98. The zero-order valence-corrected chi connectivity index (χ0v) is 13.1. The molecule has 2 aliphatic rings. The van der Waals surface area contributed by atoms with E-state index >= 15 is 0 Å². The van der Waals surface area contributed by atoms with E-state index in [1.165, 1.54) is 0 Å². The van der Waals surface area contributed by atoms with Crippen molar-refractivity contribution >= 4 is 17.6 Å². The largest absolute Gasteiger partial charge is 0.442 e. The Morgan fingerprint density at radius 2 is 1.83 bits per heavy atom. The van der Waals surface area contributed by atoms with Crippen LogP contribution < -0.4 is 4.90 Å². The normalized spacial score (nSPS) is 25.0. The van der Waals surface area contributed by atoms with Crippen LogP contribution in [0.3, 0.4) is 0 Å². The van der Waals surface area contributed by atoms with E-state index in [9.17, 15) is 9.59 Å². The number of anilines is 1.